The Labute approximate surface area is 161 Å². The largest absolute Gasteiger partial charge is 0.496 e. The molecular weight excluding hydrogens is 400 g/mol. The topological polar surface area (TPSA) is 71.8 Å². The van der Waals surface area contributed by atoms with E-state index in [1.807, 2.05) is 19.9 Å². The summed E-state index contributed by atoms with van der Waals surface area (Å²) in [6.45, 7) is 4.95. The molecule has 7 heteroatoms. The number of hydrogen-bond donors (Lipinski definition) is 1. The van der Waals surface area contributed by atoms with Gasteiger partial charge in [0.2, 0.25) is 5.91 Å². The van der Waals surface area contributed by atoms with Crippen LogP contribution in [0.15, 0.2) is 27.3 Å². The lowest BCUT2D eigenvalue weighted by molar-refractivity contribution is -0.126. The Morgan fingerprint density at radius 2 is 2.12 bits per heavy atom. The highest BCUT2D eigenvalue weighted by atomic mass is 79.9. The van der Waals surface area contributed by atoms with Crippen LogP contribution in [0, 0.1) is 5.92 Å². The average Bonchev–Trinajstić information content (AvgIpc) is 2.99. The monoisotopic (exact) mass is 422 g/mol. The molecule has 1 aromatic carbocycles. The summed E-state index contributed by atoms with van der Waals surface area (Å²) in [7, 11) is 1.57. The molecule has 2 heterocycles. The Morgan fingerprint density at radius 3 is 2.81 bits per heavy atom. The first-order valence-electron chi connectivity index (χ1n) is 8.75. The SMILES string of the molecule is COc1cc(C(=O)N2CCCC(C(=O)NC(C)C)C2)cc2oc(Br)cc12. The first-order chi connectivity index (χ1) is 12.4. The van der Waals surface area contributed by atoms with Crippen LogP contribution in [-0.4, -0.2) is 43.0 Å². The zero-order valence-corrected chi connectivity index (χ0v) is 16.8. The fraction of sp³-hybridized carbons (Fsp3) is 0.474. The second kappa shape index (κ2) is 7.70. The number of nitrogens with zero attached hydrogens (tertiary/aromatic N) is 1. The predicted molar refractivity (Wildman–Crippen MR) is 102 cm³/mol. The molecule has 2 aromatic rings. The molecule has 1 unspecified atom stereocenters. The first-order valence-corrected chi connectivity index (χ1v) is 9.55. The molecule has 140 valence electrons. The van der Waals surface area contributed by atoms with Gasteiger partial charge in [0.05, 0.1) is 18.4 Å². The highest BCUT2D eigenvalue weighted by Crippen LogP contribution is 2.33. The molecule has 3 rings (SSSR count). The third-order valence-corrected chi connectivity index (χ3v) is 4.94. The fourth-order valence-corrected chi connectivity index (χ4v) is 3.73. The minimum absolute atomic E-state index is 0.0143. The summed E-state index contributed by atoms with van der Waals surface area (Å²) in [5.74, 6) is 0.324. The molecule has 1 aliphatic heterocycles. The van der Waals surface area contributed by atoms with E-state index in [1.54, 1.807) is 24.1 Å². The number of rotatable bonds is 4. The standard InChI is InChI=1S/C19H23BrN2O4/c1-11(2)21-18(23)12-5-4-6-22(10-12)19(24)13-7-15(25-3)14-9-17(20)26-16(14)8-13/h7-9,11-12H,4-6,10H2,1-3H3,(H,21,23). The molecule has 0 bridgehead atoms. The minimum Gasteiger partial charge on any atom is -0.496 e. The van der Waals surface area contributed by atoms with Crippen LogP contribution in [0.5, 0.6) is 5.75 Å². The number of furan rings is 1. The Morgan fingerprint density at radius 1 is 1.35 bits per heavy atom. The van der Waals surface area contributed by atoms with Gasteiger partial charge in [-0.05, 0) is 54.8 Å². The maximum absolute atomic E-state index is 13.0. The quantitative estimate of drug-likeness (QED) is 0.816. The molecule has 1 aromatic heterocycles. The molecule has 0 radical (unpaired) electrons. The number of halogens is 1. The molecular formula is C19H23BrN2O4. The molecule has 2 amide bonds. The second-order valence-electron chi connectivity index (χ2n) is 6.89. The second-order valence-corrected chi connectivity index (χ2v) is 7.68. The van der Waals surface area contributed by atoms with Crippen LogP contribution >= 0.6 is 15.9 Å². The summed E-state index contributed by atoms with van der Waals surface area (Å²) >= 11 is 3.31. The molecule has 1 saturated heterocycles. The van der Waals surface area contributed by atoms with Crippen molar-refractivity contribution in [2.75, 3.05) is 20.2 Å². The van der Waals surface area contributed by atoms with Crippen molar-refractivity contribution in [3.05, 3.63) is 28.4 Å². The number of carbonyl (C=O) groups is 2. The van der Waals surface area contributed by atoms with Gasteiger partial charge >= 0.3 is 0 Å². The number of amides is 2. The number of piperidine rings is 1. The maximum atomic E-state index is 13.0. The van der Waals surface area contributed by atoms with Gasteiger partial charge in [0.15, 0.2) is 4.67 Å². The van der Waals surface area contributed by atoms with Crippen LogP contribution in [-0.2, 0) is 4.79 Å². The molecule has 1 atom stereocenters. The summed E-state index contributed by atoms with van der Waals surface area (Å²) in [5.41, 5.74) is 1.09. The number of ether oxygens (including phenoxy) is 1. The predicted octanol–water partition coefficient (Wildman–Crippen LogP) is 3.58. The van der Waals surface area contributed by atoms with Gasteiger partial charge in [0.25, 0.3) is 5.91 Å². The van der Waals surface area contributed by atoms with E-state index in [0.29, 0.717) is 34.7 Å². The Kier molecular flexibility index (Phi) is 5.55. The summed E-state index contributed by atoms with van der Waals surface area (Å²) < 4.78 is 11.6. The molecule has 0 saturated carbocycles. The molecule has 1 aliphatic rings. The molecule has 0 aliphatic carbocycles. The van der Waals surface area contributed by atoms with Crippen LogP contribution in [0.3, 0.4) is 0 Å². The zero-order valence-electron chi connectivity index (χ0n) is 15.2. The van der Waals surface area contributed by atoms with Crippen molar-refractivity contribution in [3.63, 3.8) is 0 Å². The van der Waals surface area contributed by atoms with Crippen LogP contribution in [0.4, 0.5) is 0 Å². The van der Waals surface area contributed by atoms with Gasteiger partial charge in [0, 0.05) is 30.8 Å². The normalized spacial score (nSPS) is 17.6. The number of hydrogen-bond acceptors (Lipinski definition) is 4. The number of carbonyl (C=O) groups excluding carboxylic acids is 2. The smallest absolute Gasteiger partial charge is 0.254 e. The van der Waals surface area contributed by atoms with Crippen LogP contribution in [0.25, 0.3) is 11.0 Å². The minimum atomic E-state index is -0.168. The van der Waals surface area contributed by atoms with Gasteiger partial charge in [-0.2, -0.15) is 0 Å². The third-order valence-electron chi connectivity index (χ3n) is 4.55. The highest BCUT2D eigenvalue weighted by molar-refractivity contribution is 9.10. The first kappa shape index (κ1) is 18.8. The average molecular weight is 423 g/mol. The number of fused-ring (bicyclic) bond motifs is 1. The lowest BCUT2D eigenvalue weighted by atomic mass is 9.96. The zero-order chi connectivity index (χ0) is 18.8. The molecule has 26 heavy (non-hydrogen) atoms. The van der Waals surface area contributed by atoms with E-state index in [2.05, 4.69) is 21.2 Å². The van der Waals surface area contributed by atoms with E-state index >= 15 is 0 Å². The summed E-state index contributed by atoms with van der Waals surface area (Å²) in [6, 6.07) is 5.36. The Hall–Kier alpha value is -2.02. The fourth-order valence-electron chi connectivity index (χ4n) is 3.33. The van der Waals surface area contributed by atoms with Crippen LogP contribution < -0.4 is 10.1 Å². The van der Waals surface area contributed by atoms with Crippen molar-refractivity contribution in [2.45, 2.75) is 32.7 Å². The van der Waals surface area contributed by atoms with Gasteiger partial charge in [-0.3, -0.25) is 9.59 Å². The van der Waals surface area contributed by atoms with Crippen molar-refractivity contribution in [1.29, 1.82) is 0 Å². The van der Waals surface area contributed by atoms with Crippen molar-refractivity contribution < 1.29 is 18.7 Å². The highest BCUT2D eigenvalue weighted by Gasteiger charge is 2.29. The number of nitrogens with one attached hydrogen (secondary N) is 1. The third kappa shape index (κ3) is 3.87. The Bertz CT molecular complexity index is 830. The molecule has 1 fully saturated rings. The lowest BCUT2D eigenvalue weighted by Gasteiger charge is -2.32. The van der Waals surface area contributed by atoms with Gasteiger partial charge < -0.3 is 19.4 Å². The van der Waals surface area contributed by atoms with Crippen LogP contribution in [0.2, 0.25) is 0 Å². The van der Waals surface area contributed by atoms with Gasteiger partial charge in [-0.1, -0.05) is 0 Å². The van der Waals surface area contributed by atoms with E-state index in [1.165, 1.54) is 0 Å². The van der Waals surface area contributed by atoms with Crippen molar-refractivity contribution in [2.24, 2.45) is 5.92 Å². The lowest BCUT2D eigenvalue weighted by Crippen LogP contribution is -2.46. The van der Waals surface area contributed by atoms with E-state index in [0.717, 1.165) is 18.2 Å². The van der Waals surface area contributed by atoms with Crippen LogP contribution in [0.1, 0.15) is 37.0 Å². The number of likely N-dealkylation sites (tertiary alicyclic amines) is 1. The van der Waals surface area contributed by atoms with Gasteiger partial charge in [-0.15, -0.1) is 0 Å². The van der Waals surface area contributed by atoms with E-state index < -0.39 is 0 Å². The van der Waals surface area contributed by atoms with Gasteiger partial charge in [0.1, 0.15) is 11.3 Å². The van der Waals surface area contributed by atoms with E-state index in [-0.39, 0.29) is 23.8 Å². The van der Waals surface area contributed by atoms with Crippen molar-refractivity contribution in [1.82, 2.24) is 10.2 Å². The maximum Gasteiger partial charge on any atom is 0.254 e. The molecule has 6 nitrogen and oxygen atoms in total. The van der Waals surface area contributed by atoms with Gasteiger partial charge in [-0.25, -0.2) is 0 Å². The van der Waals surface area contributed by atoms with Crippen molar-refractivity contribution >= 4 is 38.7 Å². The summed E-state index contributed by atoms with van der Waals surface area (Å²) in [5, 5.41) is 3.75. The molecule has 1 N–H and O–H groups in total. The Balaban J connectivity index is 1.82. The number of methoxy groups -OCH3 is 1. The summed E-state index contributed by atoms with van der Waals surface area (Å²) in [6.07, 6.45) is 1.61. The molecule has 0 spiro atoms. The van der Waals surface area contributed by atoms with E-state index in [4.69, 9.17) is 9.15 Å². The number of benzene rings is 1. The summed E-state index contributed by atoms with van der Waals surface area (Å²) in [4.78, 5) is 27.0. The van der Waals surface area contributed by atoms with E-state index in [9.17, 15) is 9.59 Å². The van der Waals surface area contributed by atoms with Crippen molar-refractivity contribution in [3.8, 4) is 5.75 Å².